The normalized spacial score (nSPS) is 11.5. The van der Waals surface area contributed by atoms with Gasteiger partial charge in [0.15, 0.2) is 0 Å². The predicted molar refractivity (Wildman–Crippen MR) is 103 cm³/mol. The van der Waals surface area contributed by atoms with Gasteiger partial charge in [-0.25, -0.2) is 13.4 Å². The van der Waals surface area contributed by atoms with Crippen molar-refractivity contribution < 1.29 is 13.2 Å². The fourth-order valence-corrected chi connectivity index (χ4v) is 3.77. The standard InChI is InChI=1S/C18H22ClN3O3S/c1-12(2)22(4)18(23)11-14-7-5-10-17(20-14)21-26(24,25)16-9-6-8-15(19)13(16)3/h5-10,12H,11H2,1-4H3,(H,20,21). The molecule has 6 nitrogen and oxygen atoms in total. The number of benzene rings is 1. The van der Waals surface area contributed by atoms with Crippen molar-refractivity contribution in [2.24, 2.45) is 0 Å². The summed E-state index contributed by atoms with van der Waals surface area (Å²) in [6.07, 6.45) is 0.0977. The third kappa shape index (κ3) is 4.74. The fraction of sp³-hybridized carbons (Fsp3) is 0.333. The Morgan fingerprint density at radius 1 is 1.23 bits per heavy atom. The summed E-state index contributed by atoms with van der Waals surface area (Å²) in [4.78, 5) is 18.1. The Kier molecular flexibility index (Phi) is 6.26. The number of carbonyl (C=O) groups is 1. The van der Waals surface area contributed by atoms with E-state index in [9.17, 15) is 13.2 Å². The van der Waals surface area contributed by atoms with Crippen LogP contribution in [0, 0.1) is 6.92 Å². The van der Waals surface area contributed by atoms with Crippen LogP contribution < -0.4 is 4.72 Å². The predicted octanol–water partition coefficient (Wildman–Crippen LogP) is 3.25. The number of nitrogens with one attached hydrogen (secondary N) is 1. The molecule has 0 saturated heterocycles. The van der Waals surface area contributed by atoms with Crippen LogP contribution in [0.4, 0.5) is 5.82 Å². The first-order valence-corrected chi connectivity index (χ1v) is 9.97. The third-order valence-electron chi connectivity index (χ3n) is 4.05. The number of pyridine rings is 1. The molecule has 1 amide bonds. The van der Waals surface area contributed by atoms with Gasteiger partial charge in [0, 0.05) is 18.1 Å². The van der Waals surface area contributed by atoms with Crippen LogP contribution in [0.3, 0.4) is 0 Å². The molecule has 8 heteroatoms. The minimum absolute atomic E-state index is 0.0787. The number of halogens is 1. The van der Waals surface area contributed by atoms with E-state index in [2.05, 4.69) is 9.71 Å². The molecule has 0 saturated carbocycles. The van der Waals surface area contributed by atoms with Crippen molar-refractivity contribution in [2.45, 2.75) is 38.1 Å². The summed E-state index contributed by atoms with van der Waals surface area (Å²) < 4.78 is 27.7. The second-order valence-electron chi connectivity index (χ2n) is 6.26. The second kappa shape index (κ2) is 8.05. The number of likely N-dealkylation sites (N-methyl/N-ethyl adjacent to an activating group) is 1. The van der Waals surface area contributed by atoms with Crippen LogP contribution >= 0.6 is 11.6 Å². The Labute approximate surface area is 159 Å². The molecular formula is C18H22ClN3O3S. The lowest BCUT2D eigenvalue weighted by atomic mass is 10.2. The molecule has 26 heavy (non-hydrogen) atoms. The van der Waals surface area contributed by atoms with E-state index in [1.54, 1.807) is 43.1 Å². The maximum absolute atomic E-state index is 12.6. The first kappa shape index (κ1) is 20.2. The maximum atomic E-state index is 12.6. The average Bonchev–Trinajstić information content (AvgIpc) is 2.56. The first-order valence-electron chi connectivity index (χ1n) is 8.11. The summed E-state index contributed by atoms with van der Waals surface area (Å²) in [7, 11) is -2.11. The molecule has 2 rings (SSSR count). The van der Waals surface area contributed by atoms with E-state index in [4.69, 9.17) is 11.6 Å². The Morgan fingerprint density at radius 3 is 2.54 bits per heavy atom. The van der Waals surface area contributed by atoms with Crippen molar-refractivity contribution in [1.29, 1.82) is 0 Å². The molecule has 0 radical (unpaired) electrons. The van der Waals surface area contributed by atoms with E-state index in [1.807, 2.05) is 13.8 Å². The fourth-order valence-electron chi connectivity index (χ4n) is 2.27. The molecule has 0 atom stereocenters. The molecule has 0 aliphatic heterocycles. The number of hydrogen-bond donors (Lipinski definition) is 1. The number of rotatable bonds is 6. The zero-order valence-corrected chi connectivity index (χ0v) is 16.7. The van der Waals surface area contributed by atoms with Crippen LogP contribution in [-0.2, 0) is 21.2 Å². The minimum atomic E-state index is -3.83. The monoisotopic (exact) mass is 395 g/mol. The largest absolute Gasteiger partial charge is 0.343 e. The quantitative estimate of drug-likeness (QED) is 0.814. The molecule has 140 valence electrons. The van der Waals surface area contributed by atoms with Gasteiger partial charge in [-0.15, -0.1) is 0 Å². The van der Waals surface area contributed by atoms with Gasteiger partial charge in [-0.1, -0.05) is 23.7 Å². The van der Waals surface area contributed by atoms with E-state index in [0.717, 1.165) is 0 Å². The summed E-state index contributed by atoms with van der Waals surface area (Å²) in [6, 6.07) is 9.66. The van der Waals surface area contributed by atoms with Crippen molar-refractivity contribution in [3.8, 4) is 0 Å². The molecule has 1 aromatic heterocycles. The second-order valence-corrected chi connectivity index (χ2v) is 8.32. The molecular weight excluding hydrogens is 374 g/mol. The van der Waals surface area contributed by atoms with E-state index in [1.165, 1.54) is 12.1 Å². The molecule has 0 bridgehead atoms. The Balaban J connectivity index is 2.23. The highest BCUT2D eigenvalue weighted by Crippen LogP contribution is 2.24. The van der Waals surface area contributed by atoms with Crippen LogP contribution in [0.15, 0.2) is 41.3 Å². The summed E-state index contributed by atoms with van der Waals surface area (Å²) in [5, 5.41) is 0.372. The van der Waals surface area contributed by atoms with Crippen molar-refractivity contribution in [1.82, 2.24) is 9.88 Å². The molecule has 0 spiro atoms. The van der Waals surface area contributed by atoms with Gasteiger partial charge in [-0.2, -0.15) is 0 Å². The van der Waals surface area contributed by atoms with E-state index in [0.29, 0.717) is 16.3 Å². The molecule has 0 fully saturated rings. The average molecular weight is 396 g/mol. The Bertz CT molecular complexity index is 914. The van der Waals surface area contributed by atoms with Gasteiger partial charge in [0.05, 0.1) is 17.0 Å². The minimum Gasteiger partial charge on any atom is -0.343 e. The first-order chi connectivity index (χ1) is 12.1. The van der Waals surface area contributed by atoms with Crippen LogP contribution in [0.1, 0.15) is 25.1 Å². The Hall–Kier alpha value is -2.12. The molecule has 0 unspecified atom stereocenters. The molecule has 0 aliphatic carbocycles. The van der Waals surface area contributed by atoms with Crippen molar-refractivity contribution in [3.05, 3.63) is 52.7 Å². The van der Waals surface area contributed by atoms with Gasteiger partial charge in [-0.3, -0.25) is 9.52 Å². The lowest BCUT2D eigenvalue weighted by molar-refractivity contribution is -0.130. The van der Waals surface area contributed by atoms with Gasteiger partial charge in [0.1, 0.15) is 5.82 Å². The van der Waals surface area contributed by atoms with Gasteiger partial charge in [-0.05, 0) is 50.6 Å². The molecule has 1 N–H and O–H groups in total. The zero-order valence-electron chi connectivity index (χ0n) is 15.2. The highest BCUT2D eigenvalue weighted by atomic mass is 35.5. The zero-order chi connectivity index (χ0) is 19.5. The van der Waals surface area contributed by atoms with Crippen LogP contribution in [0.25, 0.3) is 0 Å². The van der Waals surface area contributed by atoms with Crippen molar-refractivity contribution in [3.63, 3.8) is 0 Å². The van der Waals surface area contributed by atoms with Gasteiger partial charge >= 0.3 is 0 Å². The molecule has 1 aromatic carbocycles. The van der Waals surface area contributed by atoms with E-state index in [-0.39, 0.29) is 29.1 Å². The van der Waals surface area contributed by atoms with Gasteiger partial charge < -0.3 is 4.90 Å². The number of aromatic nitrogens is 1. The summed E-state index contributed by atoms with van der Waals surface area (Å²) in [5.74, 6) is 0.0695. The third-order valence-corrected chi connectivity index (χ3v) is 5.96. The summed E-state index contributed by atoms with van der Waals surface area (Å²) >= 11 is 6.01. The SMILES string of the molecule is Cc1c(Cl)cccc1S(=O)(=O)Nc1cccc(CC(=O)N(C)C(C)C)n1. The number of hydrogen-bond acceptors (Lipinski definition) is 4. The van der Waals surface area contributed by atoms with Crippen LogP contribution in [-0.4, -0.2) is 37.3 Å². The number of nitrogens with zero attached hydrogens (tertiary/aromatic N) is 2. The van der Waals surface area contributed by atoms with Crippen molar-refractivity contribution in [2.75, 3.05) is 11.8 Å². The highest BCUT2D eigenvalue weighted by Gasteiger charge is 2.19. The van der Waals surface area contributed by atoms with Gasteiger partial charge in [0.2, 0.25) is 5.91 Å². The number of carbonyl (C=O) groups excluding carboxylic acids is 1. The topological polar surface area (TPSA) is 79.4 Å². The smallest absolute Gasteiger partial charge is 0.263 e. The van der Waals surface area contributed by atoms with Gasteiger partial charge in [0.25, 0.3) is 10.0 Å². The lowest BCUT2D eigenvalue weighted by Gasteiger charge is -2.21. The summed E-state index contributed by atoms with van der Waals surface area (Å²) in [5.41, 5.74) is 0.956. The molecule has 0 aliphatic rings. The van der Waals surface area contributed by atoms with E-state index < -0.39 is 10.0 Å². The molecule has 1 heterocycles. The summed E-state index contributed by atoms with van der Waals surface area (Å²) in [6.45, 7) is 5.48. The molecule has 2 aromatic rings. The number of sulfonamides is 1. The maximum Gasteiger partial charge on any atom is 0.263 e. The Morgan fingerprint density at radius 2 is 1.88 bits per heavy atom. The van der Waals surface area contributed by atoms with Crippen LogP contribution in [0.2, 0.25) is 5.02 Å². The van der Waals surface area contributed by atoms with Crippen molar-refractivity contribution >= 4 is 33.3 Å². The van der Waals surface area contributed by atoms with Crippen LogP contribution in [0.5, 0.6) is 0 Å². The number of anilines is 1. The van der Waals surface area contributed by atoms with E-state index >= 15 is 0 Å². The lowest BCUT2D eigenvalue weighted by Crippen LogP contribution is -2.34. The highest BCUT2D eigenvalue weighted by molar-refractivity contribution is 7.92. The number of amides is 1.